The molecule has 0 unspecified atom stereocenters. The Labute approximate surface area is 162 Å². The third-order valence-electron chi connectivity index (χ3n) is 5.22. The predicted molar refractivity (Wildman–Crippen MR) is 107 cm³/mol. The highest BCUT2D eigenvalue weighted by Gasteiger charge is 2.23. The van der Waals surface area contributed by atoms with Crippen LogP contribution in [0.15, 0.2) is 54.6 Å². The van der Waals surface area contributed by atoms with Crippen molar-refractivity contribution in [2.75, 3.05) is 26.7 Å². The van der Waals surface area contributed by atoms with Crippen LogP contribution in [0.1, 0.15) is 24.0 Å². The van der Waals surface area contributed by atoms with E-state index in [1.165, 1.54) is 5.56 Å². The number of methoxy groups -OCH3 is 1. The molecule has 146 valence electrons. The van der Waals surface area contributed by atoms with Crippen molar-refractivity contribution in [3.63, 3.8) is 0 Å². The molecule has 2 aromatic carbocycles. The molecule has 1 saturated heterocycles. The maximum absolute atomic E-state index is 12.3. The fourth-order valence-corrected chi connectivity index (χ4v) is 4.81. The largest absolute Gasteiger partial charge is 0.497 e. The molecule has 1 aliphatic rings. The van der Waals surface area contributed by atoms with Gasteiger partial charge in [-0.25, -0.2) is 13.1 Å². The zero-order valence-corrected chi connectivity index (χ0v) is 16.7. The molecular weight excluding hydrogens is 360 g/mol. The van der Waals surface area contributed by atoms with Crippen LogP contribution in [0.5, 0.6) is 5.75 Å². The maximum Gasteiger partial charge on any atom is 0.215 e. The number of hydrogen-bond acceptors (Lipinski definition) is 3. The number of likely N-dealkylation sites (tertiary alicyclic amines) is 1. The second kappa shape index (κ2) is 9.35. The van der Waals surface area contributed by atoms with Crippen LogP contribution in [0.2, 0.25) is 0 Å². The Morgan fingerprint density at radius 2 is 1.67 bits per heavy atom. The summed E-state index contributed by atoms with van der Waals surface area (Å²) in [7, 11) is -1.59. The SMILES string of the molecule is COc1ccc(C[NH+]2CCC(CNS(=O)(=O)Cc3ccccc3)CC2)cc1. The third kappa shape index (κ3) is 6.34. The number of piperidine rings is 1. The molecule has 2 aromatic rings. The van der Waals surface area contributed by atoms with E-state index in [9.17, 15) is 8.42 Å². The van der Waals surface area contributed by atoms with Crippen molar-refractivity contribution in [1.82, 2.24) is 4.72 Å². The molecule has 0 saturated carbocycles. The summed E-state index contributed by atoms with van der Waals surface area (Å²) in [6.45, 7) is 3.72. The maximum atomic E-state index is 12.3. The minimum Gasteiger partial charge on any atom is -0.497 e. The van der Waals surface area contributed by atoms with Crippen LogP contribution >= 0.6 is 0 Å². The van der Waals surface area contributed by atoms with E-state index in [4.69, 9.17) is 4.74 Å². The van der Waals surface area contributed by atoms with E-state index in [2.05, 4.69) is 16.9 Å². The number of ether oxygens (including phenoxy) is 1. The lowest BCUT2D eigenvalue weighted by atomic mass is 9.97. The fraction of sp³-hybridized carbons (Fsp3) is 0.429. The van der Waals surface area contributed by atoms with E-state index in [1.807, 2.05) is 42.5 Å². The van der Waals surface area contributed by atoms with Crippen LogP contribution in [0.25, 0.3) is 0 Å². The average molecular weight is 390 g/mol. The molecule has 1 heterocycles. The summed E-state index contributed by atoms with van der Waals surface area (Å²) in [5.74, 6) is 1.36. The molecular formula is C21H29N2O3S+. The standard InChI is InChI=1S/C21H28N2O3S/c1-26-21-9-7-19(8-10-21)16-23-13-11-18(12-14-23)15-22-27(24,25)17-20-5-3-2-4-6-20/h2-10,18,22H,11-17H2,1H3/p+1. The minimum atomic E-state index is -3.27. The number of nitrogens with one attached hydrogen (secondary N) is 2. The van der Waals surface area contributed by atoms with Gasteiger partial charge in [0.15, 0.2) is 0 Å². The van der Waals surface area contributed by atoms with Gasteiger partial charge in [0.1, 0.15) is 12.3 Å². The summed E-state index contributed by atoms with van der Waals surface area (Å²) in [6, 6.07) is 17.6. The summed E-state index contributed by atoms with van der Waals surface area (Å²) < 4.78 is 32.6. The van der Waals surface area contributed by atoms with Gasteiger partial charge in [0.2, 0.25) is 10.0 Å². The summed E-state index contributed by atoms with van der Waals surface area (Å²) in [5.41, 5.74) is 2.14. The Morgan fingerprint density at radius 3 is 2.30 bits per heavy atom. The highest BCUT2D eigenvalue weighted by atomic mass is 32.2. The van der Waals surface area contributed by atoms with Crippen molar-refractivity contribution in [3.8, 4) is 5.75 Å². The molecule has 0 aliphatic carbocycles. The van der Waals surface area contributed by atoms with Crippen molar-refractivity contribution in [2.24, 2.45) is 5.92 Å². The Balaban J connectivity index is 1.41. The molecule has 27 heavy (non-hydrogen) atoms. The third-order valence-corrected chi connectivity index (χ3v) is 6.54. The molecule has 0 amide bonds. The van der Waals surface area contributed by atoms with Gasteiger partial charge >= 0.3 is 0 Å². The van der Waals surface area contributed by atoms with Gasteiger partial charge in [-0.3, -0.25) is 0 Å². The van der Waals surface area contributed by atoms with E-state index in [0.717, 1.165) is 43.8 Å². The number of sulfonamides is 1. The second-order valence-corrected chi connectivity index (χ2v) is 9.12. The summed E-state index contributed by atoms with van der Waals surface area (Å²) in [6.07, 6.45) is 2.11. The highest BCUT2D eigenvalue weighted by molar-refractivity contribution is 7.88. The molecule has 0 radical (unpaired) electrons. The van der Waals surface area contributed by atoms with Crippen LogP contribution in [-0.2, 0) is 22.3 Å². The first-order valence-electron chi connectivity index (χ1n) is 9.52. The lowest BCUT2D eigenvalue weighted by Crippen LogP contribution is -3.11. The Morgan fingerprint density at radius 1 is 1.00 bits per heavy atom. The van der Waals surface area contributed by atoms with E-state index >= 15 is 0 Å². The molecule has 6 heteroatoms. The van der Waals surface area contributed by atoms with Crippen molar-refractivity contribution >= 4 is 10.0 Å². The van der Waals surface area contributed by atoms with Gasteiger partial charge in [-0.05, 0) is 35.7 Å². The first-order chi connectivity index (χ1) is 13.0. The summed E-state index contributed by atoms with van der Waals surface area (Å²) in [4.78, 5) is 1.56. The average Bonchev–Trinajstić information content (AvgIpc) is 2.69. The molecule has 0 spiro atoms. The van der Waals surface area contributed by atoms with Crippen LogP contribution in [0.3, 0.4) is 0 Å². The normalized spacial score (nSPS) is 20.3. The molecule has 1 aliphatic heterocycles. The minimum absolute atomic E-state index is 0.0510. The molecule has 3 rings (SSSR count). The highest BCUT2D eigenvalue weighted by Crippen LogP contribution is 2.13. The number of quaternary nitrogens is 1. The lowest BCUT2D eigenvalue weighted by Gasteiger charge is -2.29. The van der Waals surface area contributed by atoms with Crippen LogP contribution in [-0.4, -0.2) is 35.2 Å². The number of rotatable bonds is 8. The Hall–Kier alpha value is -1.89. The van der Waals surface area contributed by atoms with Crippen LogP contribution in [0.4, 0.5) is 0 Å². The molecule has 1 fully saturated rings. The molecule has 2 N–H and O–H groups in total. The fourth-order valence-electron chi connectivity index (χ4n) is 3.59. The number of hydrogen-bond donors (Lipinski definition) is 2. The van der Waals surface area contributed by atoms with E-state index < -0.39 is 10.0 Å². The van der Waals surface area contributed by atoms with E-state index in [0.29, 0.717) is 12.5 Å². The number of benzene rings is 2. The van der Waals surface area contributed by atoms with Crippen molar-refractivity contribution in [2.45, 2.75) is 25.1 Å². The molecule has 0 aromatic heterocycles. The topological polar surface area (TPSA) is 59.8 Å². The smallest absolute Gasteiger partial charge is 0.215 e. The molecule has 0 bridgehead atoms. The van der Waals surface area contributed by atoms with Crippen molar-refractivity contribution < 1.29 is 18.1 Å². The van der Waals surface area contributed by atoms with Gasteiger partial charge in [-0.2, -0.15) is 0 Å². The van der Waals surface area contributed by atoms with Gasteiger partial charge in [0, 0.05) is 24.9 Å². The van der Waals surface area contributed by atoms with E-state index in [-0.39, 0.29) is 5.75 Å². The zero-order chi connectivity index (χ0) is 19.1. The van der Waals surface area contributed by atoms with E-state index in [1.54, 1.807) is 12.0 Å². The zero-order valence-electron chi connectivity index (χ0n) is 15.9. The van der Waals surface area contributed by atoms with Crippen molar-refractivity contribution in [1.29, 1.82) is 0 Å². The summed E-state index contributed by atoms with van der Waals surface area (Å²) in [5, 5.41) is 0. The van der Waals surface area contributed by atoms with Gasteiger partial charge in [0.05, 0.1) is 26.0 Å². The predicted octanol–water partition coefficient (Wildman–Crippen LogP) is 1.61. The van der Waals surface area contributed by atoms with Crippen LogP contribution in [0, 0.1) is 5.92 Å². The lowest BCUT2D eigenvalue weighted by molar-refractivity contribution is -0.919. The van der Waals surface area contributed by atoms with Gasteiger partial charge in [-0.1, -0.05) is 30.3 Å². The van der Waals surface area contributed by atoms with Crippen LogP contribution < -0.4 is 14.4 Å². The van der Waals surface area contributed by atoms with Gasteiger partial charge < -0.3 is 9.64 Å². The second-order valence-electron chi connectivity index (χ2n) is 7.31. The monoisotopic (exact) mass is 389 g/mol. The Kier molecular flexibility index (Phi) is 6.88. The molecule has 0 atom stereocenters. The van der Waals surface area contributed by atoms with Crippen molar-refractivity contribution in [3.05, 3.63) is 65.7 Å². The quantitative estimate of drug-likeness (QED) is 0.721. The first-order valence-corrected chi connectivity index (χ1v) is 11.2. The first kappa shape index (κ1) is 19.9. The summed E-state index contributed by atoms with van der Waals surface area (Å²) >= 11 is 0. The van der Waals surface area contributed by atoms with Gasteiger partial charge in [0.25, 0.3) is 0 Å². The Bertz CT molecular complexity index is 799. The molecule has 5 nitrogen and oxygen atoms in total. The van der Waals surface area contributed by atoms with Gasteiger partial charge in [-0.15, -0.1) is 0 Å².